The molecule has 0 radical (unpaired) electrons. The Morgan fingerprint density at radius 1 is 1.32 bits per heavy atom. The SMILES string of the molecule is CCS[C@H]1CC[C@@H](N(C)CC(=O)Nc2ccc(C)c(C)c2)C1. The molecule has 0 heterocycles. The van der Waals surface area contributed by atoms with E-state index in [1.165, 1.54) is 36.1 Å². The van der Waals surface area contributed by atoms with Gasteiger partial charge in [0.2, 0.25) is 5.91 Å². The van der Waals surface area contributed by atoms with Crippen LogP contribution in [0.25, 0.3) is 0 Å². The van der Waals surface area contributed by atoms with E-state index in [-0.39, 0.29) is 5.91 Å². The van der Waals surface area contributed by atoms with Crippen molar-refractivity contribution in [2.45, 2.75) is 51.3 Å². The van der Waals surface area contributed by atoms with Gasteiger partial charge in [-0.25, -0.2) is 0 Å². The van der Waals surface area contributed by atoms with Crippen molar-refractivity contribution >= 4 is 23.4 Å². The summed E-state index contributed by atoms with van der Waals surface area (Å²) in [5.74, 6) is 1.27. The number of benzene rings is 1. The molecule has 1 aliphatic carbocycles. The molecule has 1 aromatic carbocycles. The first kappa shape index (κ1) is 17.4. The molecule has 2 atom stereocenters. The van der Waals surface area contributed by atoms with Gasteiger partial charge < -0.3 is 5.32 Å². The highest BCUT2D eigenvalue weighted by Gasteiger charge is 2.28. The van der Waals surface area contributed by atoms with E-state index in [2.05, 4.69) is 55.9 Å². The Bertz CT molecular complexity index is 518. The maximum Gasteiger partial charge on any atom is 0.238 e. The van der Waals surface area contributed by atoms with Gasteiger partial charge in [-0.1, -0.05) is 13.0 Å². The number of amides is 1. The Morgan fingerprint density at radius 2 is 2.09 bits per heavy atom. The Balaban J connectivity index is 1.82. The first-order chi connectivity index (χ1) is 10.5. The second-order valence-electron chi connectivity index (χ2n) is 6.31. The smallest absolute Gasteiger partial charge is 0.238 e. The van der Waals surface area contributed by atoms with E-state index < -0.39 is 0 Å². The van der Waals surface area contributed by atoms with E-state index >= 15 is 0 Å². The highest BCUT2D eigenvalue weighted by molar-refractivity contribution is 7.99. The molecule has 1 amide bonds. The predicted octanol–water partition coefficient (Wildman–Crippen LogP) is 3.85. The van der Waals surface area contributed by atoms with E-state index in [1.807, 2.05) is 12.1 Å². The molecule has 0 unspecified atom stereocenters. The van der Waals surface area contributed by atoms with Gasteiger partial charge in [0.1, 0.15) is 0 Å². The first-order valence-electron chi connectivity index (χ1n) is 8.18. The fourth-order valence-corrected chi connectivity index (χ4v) is 4.21. The molecular weight excluding hydrogens is 292 g/mol. The zero-order valence-corrected chi connectivity index (χ0v) is 15.0. The molecule has 22 heavy (non-hydrogen) atoms. The topological polar surface area (TPSA) is 32.3 Å². The predicted molar refractivity (Wildman–Crippen MR) is 96.7 cm³/mol. The average molecular weight is 321 g/mol. The van der Waals surface area contributed by atoms with Crippen LogP contribution in [0.2, 0.25) is 0 Å². The third-order valence-corrected chi connectivity index (χ3v) is 5.80. The normalized spacial score (nSPS) is 21.3. The van der Waals surface area contributed by atoms with Crippen LogP contribution >= 0.6 is 11.8 Å². The van der Waals surface area contributed by atoms with Crippen molar-refractivity contribution in [1.29, 1.82) is 0 Å². The van der Waals surface area contributed by atoms with E-state index in [9.17, 15) is 4.79 Å². The largest absolute Gasteiger partial charge is 0.325 e. The number of anilines is 1. The Morgan fingerprint density at radius 3 is 2.77 bits per heavy atom. The summed E-state index contributed by atoms with van der Waals surface area (Å²) in [6, 6.07) is 6.62. The second kappa shape index (κ2) is 8.02. The van der Waals surface area contributed by atoms with Gasteiger partial charge in [-0.2, -0.15) is 11.8 Å². The van der Waals surface area contributed by atoms with Gasteiger partial charge in [-0.15, -0.1) is 0 Å². The Hall–Kier alpha value is -1.00. The molecule has 1 aliphatic rings. The maximum absolute atomic E-state index is 12.2. The summed E-state index contributed by atoms with van der Waals surface area (Å²) in [6.07, 6.45) is 3.71. The maximum atomic E-state index is 12.2. The quantitative estimate of drug-likeness (QED) is 0.864. The number of hydrogen-bond donors (Lipinski definition) is 1. The van der Waals surface area contributed by atoms with E-state index in [0.29, 0.717) is 12.6 Å². The van der Waals surface area contributed by atoms with Gasteiger partial charge in [0.25, 0.3) is 0 Å². The van der Waals surface area contributed by atoms with Crippen molar-refractivity contribution in [1.82, 2.24) is 4.90 Å². The summed E-state index contributed by atoms with van der Waals surface area (Å²) in [5, 5.41) is 3.79. The van der Waals surface area contributed by atoms with Crippen molar-refractivity contribution in [3.05, 3.63) is 29.3 Å². The average Bonchev–Trinajstić information content (AvgIpc) is 2.92. The van der Waals surface area contributed by atoms with Crippen molar-refractivity contribution in [3.8, 4) is 0 Å². The monoisotopic (exact) mass is 320 g/mol. The molecule has 3 nitrogen and oxygen atoms in total. The van der Waals surface area contributed by atoms with Crippen LogP contribution in [0, 0.1) is 13.8 Å². The summed E-state index contributed by atoms with van der Waals surface area (Å²) < 4.78 is 0. The molecule has 0 saturated heterocycles. The van der Waals surface area contributed by atoms with Gasteiger partial charge in [0.15, 0.2) is 0 Å². The van der Waals surface area contributed by atoms with Crippen LogP contribution in [-0.4, -0.2) is 41.4 Å². The number of carbonyl (C=O) groups is 1. The molecule has 1 saturated carbocycles. The molecule has 2 rings (SSSR count). The van der Waals surface area contributed by atoms with Gasteiger partial charge >= 0.3 is 0 Å². The summed E-state index contributed by atoms with van der Waals surface area (Å²) in [5.41, 5.74) is 3.36. The minimum absolute atomic E-state index is 0.0809. The number of thioether (sulfide) groups is 1. The molecule has 1 N–H and O–H groups in total. The van der Waals surface area contributed by atoms with E-state index in [0.717, 1.165) is 10.9 Å². The summed E-state index contributed by atoms with van der Waals surface area (Å²) >= 11 is 2.06. The molecular formula is C18H28N2OS. The minimum Gasteiger partial charge on any atom is -0.325 e. The summed E-state index contributed by atoms with van der Waals surface area (Å²) in [7, 11) is 2.07. The van der Waals surface area contributed by atoms with Crippen LogP contribution in [0.3, 0.4) is 0 Å². The molecule has 4 heteroatoms. The molecule has 1 fully saturated rings. The zero-order valence-electron chi connectivity index (χ0n) is 14.2. The lowest BCUT2D eigenvalue weighted by Crippen LogP contribution is -2.36. The number of hydrogen-bond acceptors (Lipinski definition) is 3. The molecule has 0 spiro atoms. The summed E-state index contributed by atoms with van der Waals surface area (Å²) in [4.78, 5) is 14.4. The minimum atomic E-state index is 0.0809. The number of nitrogens with one attached hydrogen (secondary N) is 1. The van der Waals surface area contributed by atoms with Crippen LogP contribution in [-0.2, 0) is 4.79 Å². The number of carbonyl (C=O) groups excluding carboxylic acids is 1. The van der Waals surface area contributed by atoms with Crippen molar-refractivity contribution in [2.75, 3.05) is 24.7 Å². The van der Waals surface area contributed by atoms with Crippen LogP contribution in [0.4, 0.5) is 5.69 Å². The molecule has 0 aromatic heterocycles. The van der Waals surface area contributed by atoms with Crippen LogP contribution in [0.1, 0.15) is 37.3 Å². The van der Waals surface area contributed by atoms with Gasteiger partial charge in [-0.05, 0) is 69.2 Å². The Kier molecular flexibility index (Phi) is 6.33. The molecule has 0 aliphatic heterocycles. The van der Waals surface area contributed by atoms with Gasteiger partial charge in [-0.3, -0.25) is 9.69 Å². The highest BCUT2D eigenvalue weighted by atomic mass is 32.2. The van der Waals surface area contributed by atoms with Crippen LogP contribution < -0.4 is 5.32 Å². The lowest BCUT2D eigenvalue weighted by atomic mass is 10.1. The van der Waals surface area contributed by atoms with Crippen LogP contribution in [0.5, 0.6) is 0 Å². The third-order valence-electron chi connectivity index (χ3n) is 4.57. The second-order valence-corrected chi connectivity index (χ2v) is 7.88. The lowest BCUT2D eigenvalue weighted by Gasteiger charge is -2.23. The first-order valence-corrected chi connectivity index (χ1v) is 9.23. The number of likely N-dealkylation sites (N-methyl/N-ethyl adjacent to an activating group) is 1. The van der Waals surface area contributed by atoms with Gasteiger partial charge in [0.05, 0.1) is 6.54 Å². The van der Waals surface area contributed by atoms with Crippen molar-refractivity contribution in [2.24, 2.45) is 0 Å². The standard InChI is InChI=1S/C18H28N2OS/c1-5-22-17-9-8-16(11-17)20(4)12-18(21)19-15-7-6-13(2)14(3)10-15/h6-7,10,16-17H,5,8-9,11-12H2,1-4H3,(H,19,21)/t16-,17+/m1/s1. The molecule has 122 valence electrons. The number of nitrogens with zero attached hydrogens (tertiary/aromatic N) is 1. The molecule has 1 aromatic rings. The van der Waals surface area contributed by atoms with Crippen LogP contribution in [0.15, 0.2) is 18.2 Å². The fourth-order valence-electron chi connectivity index (χ4n) is 3.08. The lowest BCUT2D eigenvalue weighted by molar-refractivity contribution is -0.117. The fraction of sp³-hybridized carbons (Fsp3) is 0.611. The van der Waals surface area contributed by atoms with E-state index in [1.54, 1.807) is 0 Å². The summed E-state index contributed by atoms with van der Waals surface area (Å²) in [6.45, 7) is 6.85. The van der Waals surface area contributed by atoms with Gasteiger partial charge in [0, 0.05) is 17.0 Å². The number of rotatable bonds is 6. The number of aryl methyl sites for hydroxylation is 2. The van der Waals surface area contributed by atoms with Crippen molar-refractivity contribution < 1.29 is 4.79 Å². The van der Waals surface area contributed by atoms with Crippen molar-refractivity contribution in [3.63, 3.8) is 0 Å². The third kappa shape index (κ3) is 4.75. The Labute approximate surface area is 138 Å². The molecule has 0 bridgehead atoms. The van der Waals surface area contributed by atoms with E-state index in [4.69, 9.17) is 0 Å². The zero-order chi connectivity index (χ0) is 16.1. The highest BCUT2D eigenvalue weighted by Crippen LogP contribution is 2.32.